The van der Waals surface area contributed by atoms with E-state index in [1.165, 1.54) is 0 Å². The molecule has 6 heteroatoms. The summed E-state index contributed by atoms with van der Waals surface area (Å²) in [6.45, 7) is 8.97. The van der Waals surface area contributed by atoms with Crippen molar-refractivity contribution in [3.8, 4) is 0 Å². The summed E-state index contributed by atoms with van der Waals surface area (Å²) in [5.74, 6) is 0.199. The maximum Gasteiger partial charge on any atom is 0.157 e. The SMILES string of the molecule is CCC(C)(C(=O)Cc1c(C)nn(C)c1Cl)N1CCOCC1. The van der Waals surface area contributed by atoms with E-state index >= 15 is 0 Å². The van der Waals surface area contributed by atoms with Crippen molar-refractivity contribution in [3.05, 3.63) is 16.4 Å². The van der Waals surface area contributed by atoms with Gasteiger partial charge in [-0.25, -0.2) is 0 Å². The highest BCUT2D eigenvalue weighted by molar-refractivity contribution is 6.30. The monoisotopic (exact) mass is 313 g/mol. The minimum Gasteiger partial charge on any atom is -0.379 e. The normalized spacial score (nSPS) is 19.5. The highest BCUT2D eigenvalue weighted by Gasteiger charge is 2.38. The fraction of sp³-hybridized carbons (Fsp3) is 0.733. The molecule has 1 atom stereocenters. The predicted octanol–water partition coefficient (Wildman–Crippen LogP) is 1.99. The summed E-state index contributed by atoms with van der Waals surface area (Å²) in [5.41, 5.74) is 1.21. The Morgan fingerprint density at radius 2 is 2.05 bits per heavy atom. The van der Waals surface area contributed by atoms with E-state index in [9.17, 15) is 4.79 Å². The van der Waals surface area contributed by atoms with E-state index in [0.717, 1.165) is 30.8 Å². The van der Waals surface area contributed by atoms with Crippen molar-refractivity contribution in [2.75, 3.05) is 26.3 Å². The van der Waals surface area contributed by atoms with E-state index < -0.39 is 5.54 Å². The van der Waals surface area contributed by atoms with E-state index in [1.54, 1.807) is 11.7 Å². The molecule has 0 N–H and O–H groups in total. The third kappa shape index (κ3) is 3.15. The van der Waals surface area contributed by atoms with Gasteiger partial charge in [-0.15, -0.1) is 0 Å². The zero-order valence-electron chi connectivity index (χ0n) is 13.3. The Hall–Kier alpha value is -0.910. The molecule has 0 aromatic carbocycles. The molecule has 1 aromatic heterocycles. The van der Waals surface area contributed by atoms with Gasteiger partial charge >= 0.3 is 0 Å². The molecule has 1 unspecified atom stereocenters. The minimum atomic E-state index is -0.463. The second-order valence-electron chi connectivity index (χ2n) is 5.81. The smallest absolute Gasteiger partial charge is 0.157 e. The van der Waals surface area contributed by atoms with Gasteiger partial charge in [-0.3, -0.25) is 14.4 Å². The van der Waals surface area contributed by atoms with Crippen molar-refractivity contribution >= 4 is 17.4 Å². The Morgan fingerprint density at radius 3 is 2.52 bits per heavy atom. The standard InChI is InChI=1S/C15H24ClN3O2/c1-5-15(3,19-6-8-21-9-7-19)13(20)10-12-11(2)17-18(4)14(12)16/h5-10H2,1-4H3. The molecule has 2 heterocycles. The molecule has 0 saturated carbocycles. The number of Topliss-reactive ketones (excluding diaryl/α,β-unsaturated/α-hetero) is 1. The molecule has 1 aromatic rings. The van der Waals surface area contributed by atoms with Crippen molar-refractivity contribution in [1.29, 1.82) is 0 Å². The van der Waals surface area contributed by atoms with Crippen LogP contribution < -0.4 is 0 Å². The van der Waals surface area contributed by atoms with E-state index in [-0.39, 0.29) is 5.78 Å². The Kier molecular flexibility index (Phi) is 5.07. The molecule has 5 nitrogen and oxygen atoms in total. The van der Waals surface area contributed by atoms with E-state index in [0.29, 0.717) is 24.8 Å². The van der Waals surface area contributed by atoms with Crippen molar-refractivity contribution in [2.24, 2.45) is 7.05 Å². The molecule has 0 amide bonds. The van der Waals surface area contributed by atoms with Crippen molar-refractivity contribution in [1.82, 2.24) is 14.7 Å². The molecule has 21 heavy (non-hydrogen) atoms. The number of hydrogen-bond donors (Lipinski definition) is 0. The van der Waals surface area contributed by atoms with Crippen LogP contribution in [-0.2, 0) is 23.0 Å². The zero-order chi connectivity index (χ0) is 15.6. The first-order valence-electron chi connectivity index (χ1n) is 7.44. The number of ether oxygens (including phenoxy) is 1. The average Bonchev–Trinajstić information content (AvgIpc) is 2.73. The molecular formula is C15H24ClN3O2. The molecule has 118 valence electrons. The molecule has 0 radical (unpaired) electrons. The molecule has 1 saturated heterocycles. The van der Waals surface area contributed by atoms with Gasteiger partial charge in [0.25, 0.3) is 0 Å². The van der Waals surface area contributed by atoms with Gasteiger partial charge in [0, 0.05) is 32.1 Å². The third-order valence-electron chi connectivity index (χ3n) is 4.61. The van der Waals surface area contributed by atoms with Crippen LogP contribution in [0.2, 0.25) is 5.15 Å². The van der Waals surface area contributed by atoms with Crippen molar-refractivity contribution < 1.29 is 9.53 Å². The first kappa shape index (κ1) is 16.5. The molecule has 0 spiro atoms. The fourth-order valence-electron chi connectivity index (χ4n) is 2.88. The van der Waals surface area contributed by atoms with Gasteiger partial charge < -0.3 is 4.74 Å². The average molecular weight is 314 g/mol. The van der Waals surface area contributed by atoms with Gasteiger partial charge in [-0.2, -0.15) is 5.10 Å². The summed E-state index contributed by atoms with van der Waals surface area (Å²) in [7, 11) is 1.80. The fourth-order valence-corrected chi connectivity index (χ4v) is 3.12. The third-order valence-corrected chi connectivity index (χ3v) is 5.08. The van der Waals surface area contributed by atoms with Crippen LogP contribution in [0.25, 0.3) is 0 Å². The minimum absolute atomic E-state index is 0.199. The van der Waals surface area contributed by atoms with Crippen LogP contribution in [0.15, 0.2) is 0 Å². The van der Waals surface area contributed by atoms with Crippen molar-refractivity contribution in [2.45, 2.75) is 39.2 Å². The van der Waals surface area contributed by atoms with Crippen LogP contribution >= 0.6 is 11.6 Å². The highest BCUT2D eigenvalue weighted by atomic mass is 35.5. The Morgan fingerprint density at radius 1 is 1.43 bits per heavy atom. The number of aromatic nitrogens is 2. The molecule has 1 aliphatic heterocycles. The van der Waals surface area contributed by atoms with Crippen LogP contribution in [0.3, 0.4) is 0 Å². The highest BCUT2D eigenvalue weighted by Crippen LogP contribution is 2.27. The summed E-state index contributed by atoms with van der Waals surface area (Å²) in [6, 6.07) is 0. The lowest BCUT2D eigenvalue weighted by Crippen LogP contribution is -2.56. The number of hydrogen-bond acceptors (Lipinski definition) is 4. The maximum atomic E-state index is 12.9. The summed E-state index contributed by atoms with van der Waals surface area (Å²) < 4.78 is 7.01. The summed E-state index contributed by atoms with van der Waals surface area (Å²) in [5, 5.41) is 4.84. The topological polar surface area (TPSA) is 47.4 Å². The van der Waals surface area contributed by atoms with Gasteiger partial charge in [0.2, 0.25) is 0 Å². The van der Waals surface area contributed by atoms with Crippen LogP contribution in [0.4, 0.5) is 0 Å². The van der Waals surface area contributed by atoms with Gasteiger partial charge in [0.05, 0.1) is 24.4 Å². The molecule has 1 fully saturated rings. The second kappa shape index (κ2) is 6.46. The maximum absolute atomic E-state index is 12.9. The largest absolute Gasteiger partial charge is 0.379 e. The number of morpholine rings is 1. The van der Waals surface area contributed by atoms with E-state index in [2.05, 4.69) is 16.9 Å². The number of halogens is 1. The molecule has 0 aliphatic carbocycles. The van der Waals surface area contributed by atoms with Gasteiger partial charge in [0.15, 0.2) is 5.78 Å². The van der Waals surface area contributed by atoms with Crippen molar-refractivity contribution in [3.63, 3.8) is 0 Å². The Labute approximate surface area is 131 Å². The summed E-state index contributed by atoms with van der Waals surface area (Å²) in [6.07, 6.45) is 1.11. The predicted molar refractivity (Wildman–Crippen MR) is 82.8 cm³/mol. The lowest BCUT2D eigenvalue weighted by atomic mass is 9.87. The van der Waals surface area contributed by atoms with E-state index in [4.69, 9.17) is 16.3 Å². The van der Waals surface area contributed by atoms with Gasteiger partial charge in [-0.1, -0.05) is 18.5 Å². The second-order valence-corrected chi connectivity index (χ2v) is 6.16. The summed E-state index contributed by atoms with van der Waals surface area (Å²) >= 11 is 6.25. The number of rotatable bonds is 5. The summed E-state index contributed by atoms with van der Waals surface area (Å²) in [4.78, 5) is 15.1. The number of carbonyl (C=O) groups is 1. The van der Waals surface area contributed by atoms with Crippen LogP contribution in [-0.4, -0.2) is 52.3 Å². The van der Waals surface area contributed by atoms with E-state index in [1.807, 2.05) is 13.8 Å². The lowest BCUT2D eigenvalue weighted by Gasteiger charge is -2.41. The Balaban J connectivity index is 2.19. The van der Waals surface area contributed by atoms with Gasteiger partial charge in [-0.05, 0) is 20.3 Å². The molecule has 0 bridgehead atoms. The quantitative estimate of drug-likeness (QED) is 0.834. The first-order valence-corrected chi connectivity index (χ1v) is 7.82. The Bertz CT molecular complexity index is 523. The number of nitrogens with zero attached hydrogens (tertiary/aromatic N) is 3. The lowest BCUT2D eigenvalue weighted by molar-refractivity contribution is -0.133. The molecule has 1 aliphatic rings. The first-order chi connectivity index (χ1) is 9.90. The number of carbonyl (C=O) groups excluding carboxylic acids is 1. The zero-order valence-corrected chi connectivity index (χ0v) is 14.0. The van der Waals surface area contributed by atoms with Gasteiger partial charge in [0.1, 0.15) is 5.15 Å². The van der Waals surface area contributed by atoms with Crippen LogP contribution in [0.5, 0.6) is 0 Å². The van der Waals surface area contributed by atoms with Crippen LogP contribution in [0, 0.1) is 6.92 Å². The molecule has 2 rings (SSSR count). The number of ketones is 1. The molecular weight excluding hydrogens is 290 g/mol. The van der Waals surface area contributed by atoms with Crippen LogP contribution in [0.1, 0.15) is 31.5 Å². The number of aryl methyl sites for hydroxylation is 2.